The van der Waals surface area contributed by atoms with Gasteiger partial charge in [0.2, 0.25) is 0 Å². The van der Waals surface area contributed by atoms with E-state index in [0.29, 0.717) is 0 Å². The van der Waals surface area contributed by atoms with Gasteiger partial charge < -0.3 is 14.2 Å². The number of methoxy groups -OCH3 is 2. The van der Waals surface area contributed by atoms with Crippen molar-refractivity contribution in [2.24, 2.45) is 5.41 Å². The van der Waals surface area contributed by atoms with E-state index in [2.05, 4.69) is 4.74 Å². The Labute approximate surface area is 123 Å². The van der Waals surface area contributed by atoms with Crippen molar-refractivity contribution in [1.29, 1.82) is 0 Å². The Morgan fingerprint density at radius 2 is 2.16 bits per heavy atom. The van der Waals surface area contributed by atoms with E-state index in [9.17, 15) is 14.4 Å². The zero-order valence-electron chi connectivity index (χ0n) is 10.3. The van der Waals surface area contributed by atoms with Gasteiger partial charge in [-0.3, -0.25) is 9.59 Å². The molecule has 0 spiro atoms. The standard InChI is InChI=1S/C11H12INO6/c1-17-9(15)11-3-4-13(10(16)18-2)8(7(11)12)19-6(14)5-11/h3-4,7-8H,5H2,1-2H3. The fraction of sp³-hybridized carbons (Fsp3) is 0.545. The van der Waals surface area contributed by atoms with Crippen molar-refractivity contribution in [2.45, 2.75) is 16.6 Å². The molecule has 0 saturated carbocycles. The average molecular weight is 381 g/mol. The molecule has 19 heavy (non-hydrogen) atoms. The third kappa shape index (κ3) is 2.07. The maximum Gasteiger partial charge on any atom is 0.416 e. The zero-order chi connectivity index (χ0) is 14.2. The molecule has 0 N–H and O–H groups in total. The number of fused-ring (bicyclic) bond motifs is 2. The Morgan fingerprint density at radius 3 is 2.74 bits per heavy atom. The molecule has 8 heteroatoms. The van der Waals surface area contributed by atoms with Crippen LogP contribution in [-0.4, -0.2) is 47.3 Å². The lowest BCUT2D eigenvalue weighted by Gasteiger charge is -2.46. The van der Waals surface area contributed by atoms with Gasteiger partial charge in [0, 0.05) is 6.20 Å². The second kappa shape index (κ2) is 4.99. The predicted octanol–water partition coefficient (Wildman–Crippen LogP) is 0.818. The smallest absolute Gasteiger partial charge is 0.416 e. The van der Waals surface area contributed by atoms with Gasteiger partial charge in [0.05, 0.1) is 24.6 Å². The van der Waals surface area contributed by atoms with E-state index < -0.39 is 33.6 Å². The molecule has 2 bridgehead atoms. The number of hydrogen-bond donors (Lipinski definition) is 0. The topological polar surface area (TPSA) is 82.1 Å². The van der Waals surface area contributed by atoms with E-state index in [1.165, 1.54) is 26.5 Å². The molecule has 0 radical (unpaired) electrons. The molecule has 0 aromatic heterocycles. The Morgan fingerprint density at radius 1 is 1.47 bits per heavy atom. The molecule has 3 atom stereocenters. The maximum atomic E-state index is 12.0. The third-order valence-corrected chi connectivity index (χ3v) is 4.92. The molecular weight excluding hydrogens is 369 g/mol. The highest BCUT2D eigenvalue weighted by atomic mass is 127. The normalized spacial score (nSPS) is 32.6. The summed E-state index contributed by atoms with van der Waals surface area (Å²) in [7, 11) is 2.49. The highest BCUT2D eigenvalue weighted by Crippen LogP contribution is 2.46. The van der Waals surface area contributed by atoms with Crippen LogP contribution in [0.3, 0.4) is 0 Å². The lowest BCUT2D eigenvalue weighted by molar-refractivity contribution is -0.179. The summed E-state index contributed by atoms with van der Waals surface area (Å²) < 4.78 is 14.1. The van der Waals surface area contributed by atoms with Gasteiger partial charge >= 0.3 is 18.0 Å². The van der Waals surface area contributed by atoms with Gasteiger partial charge in [0.15, 0.2) is 6.23 Å². The summed E-state index contributed by atoms with van der Waals surface area (Å²) in [5.74, 6) is -1.07. The summed E-state index contributed by atoms with van der Waals surface area (Å²) in [6, 6.07) is 0. The SMILES string of the molecule is COC(=O)N1C=CC2(C(=O)OC)CC(=O)OC1C2I. The number of nitrogens with zero attached hydrogens (tertiary/aromatic N) is 1. The summed E-state index contributed by atoms with van der Waals surface area (Å²) >= 11 is 1.98. The Balaban J connectivity index is 2.44. The summed E-state index contributed by atoms with van der Waals surface area (Å²) in [6.45, 7) is 0. The number of hydrogen-bond acceptors (Lipinski definition) is 6. The van der Waals surface area contributed by atoms with E-state index in [1.54, 1.807) is 0 Å². The first-order valence-corrected chi connectivity index (χ1v) is 6.68. The van der Waals surface area contributed by atoms with Crippen LogP contribution in [0.5, 0.6) is 0 Å². The lowest BCUT2D eigenvalue weighted by atomic mass is 9.77. The molecule has 2 rings (SSSR count). The molecule has 3 unspecified atom stereocenters. The maximum absolute atomic E-state index is 12.0. The minimum atomic E-state index is -1.10. The van der Waals surface area contributed by atoms with Gasteiger partial charge in [-0.05, 0) is 6.08 Å². The van der Waals surface area contributed by atoms with Crippen molar-refractivity contribution in [3.05, 3.63) is 12.3 Å². The Bertz CT molecular complexity index is 464. The lowest BCUT2D eigenvalue weighted by Crippen LogP contribution is -2.60. The quantitative estimate of drug-likeness (QED) is 0.290. The summed E-state index contributed by atoms with van der Waals surface area (Å²) in [5.41, 5.74) is -1.10. The summed E-state index contributed by atoms with van der Waals surface area (Å²) in [6.07, 6.45) is 1.27. The average Bonchev–Trinajstić information content (AvgIpc) is 2.39. The summed E-state index contributed by atoms with van der Waals surface area (Å²) in [5, 5.41) is 0. The van der Waals surface area contributed by atoms with Crippen LogP contribution in [0, 0.1) is 5.41 Å². The molecule has 0 aromatic carbocycles. The first-order chi connectivity index (χ1) is 8.96. The molecule has 1 fully saturated rings. The van der Waals surface area contributed by atoms with Crippen LogP contribution in [0.25, 0.3) is 0 Å². The molecule has 1 saturated heterocycles. The second-order valence-corrected chi connectivity index (χ2v) is 5.53. The van der Waals surface area contributed by atoms with Crippen LogP contribution in [0.1, 0.15) is 6.42 Å². The second-order valence-electron chi connectivity index (χ2n) is 4.18. The number of halogens is 1. The van der Waals surface area contributed by atoms with Crippen molar-refractivity contribution in [3.63, 3.8) is 0 Å². The Kier molecular flexibility index (Phi) is 3.70. The zero-order valence-corrected chi connectivity index (χ0v) is 12.4. The number of alkyl halides is 1. The third-order valence-electron chi connectivity index (χ3n) is 3.19. The van der Waals surface area contributed by atoms with Crippen LogP contribution in [0.15, 0.2) is 12.3 Å². The number of rotatable bonds is 1. The predicted molar refractivity (Wildman–Crippen MR) is 70.1 cm³/mol. The highest BCUT2D eigenvalue weighted by Gasteiger charge is 2.58. The largest absolute Gasteiger partial charge is 0.468 e. The molecule has 2 heterocycles. The van der Waals surface area contributed by atoms with Crippen LogP contribution in [0.4, 0.5) is 4.79 Å². The first kappa shape index (κ1) is 14.1. The van der Waals surface area contributed by atoms with Crippen molar-refractivity contribution in [1.82, 2.24) is 4.90 Å². The number of carbonyl (C=O) groups is 3. The van der Waals surface area contributed by atoms with Gasteiger partial charge in [-0.1, -0.05) is 22.6 Å². The van der Waals surface area contributed by atoms with Gasteiger partial charge in [-0.15, -0.1) is 0 Å². The van der Waals surface area contributed by atoms with E-state index in [1.807, 2.05) is 22.6 Å². The molecular formula is C11H12INO6. The monoisotopic (exact) mass is 381 g/mol. The van der Waals surface area contributed by atoms with E-state index in [0.717, 1.165) is 4.90 Å². The van der Waals surface area contributed by atoms with Gasteiger partial charge in [-0.2, -0.15) is 0 Å². The minimum Gasteiger partial charge on any atom is -0.468 e. The fourth-order valence-electron chi connectivity index (χ4n) is 2.19. The molecule has 2 aliphatic heterocycles. The van der Waals surface area contributed by atoms with Crippen LogP contribution >= 0.6 is 22.6 Å². The fourth-order valence-corrected chi connectivity index (χ4v) is 3.36. The van der Waals surface area contributed by atoms with Gasteiger partial charge in [-0.25, -0.2) is 9.69 Å². The molecule has 2 aliphatic rings. The van der Waals surface area contributed by atoms with E-state index in [4.69, 9.17) is 9.47 Å². The minimum absolute atomic E-state index is 0.102. The first-order valence-electron chi connectivity index (χ1n) is 5.44. The number of carbonyl (C=O) groups excluding carboxylic acids is 3. The number of ether oxygens (including phenoxy) is 3. The molecule has 0 aliphatic carbocycles. The van der Waals surface area contributed by atoms with Crippen LogP contribution < -0.4 is 0 Å². The number of amides is 1. The molecule has 1 amide bonds. The van der Waals surface area contributed by atoms with Crippen molar-refractivity contribution in [2.75, 3.05) is 14.2 Å². The molecule has 104 valence electrons. The van der Waals surface area contributed by atoms with Crippen LogP contribution in [0.2, 0.25) is 0 Å². The summed E-state index contributed by atoms with van der Waals surface area (Å²) in [4.78, 5) is 36.4. The van der Waals surface area contributed by atoms with Crippen molar-refractivity contribution < 1.29 is 28.6 Å². The highest BCUT2D eigenvalue weighted by molar-refractivity contribution is 14.1. The van der Waals surface area contributed by atoms with Crippen molar-refractivity contribution >= 4 is 40.6 Å². The van der Waals surface area contributed by atoms with E-state index in [-0.39, 0.29) is 6.42 Å². The van der Waals surface area contributed by atoms with Crippen LogP contribution in [-0.2, 0) is 23.8 Å². The molecule has 0 aromatic rings. The van der Waals surface area contributed by atoms with E-state index >= 15 is 0 Å². The van der Waals surface area contributed by atoms with Gasteiger partial charge in [0.1, 0.15) is 5.41 Å². The van der Waals surface area contributed by atoms with Gasteiger partial charge in [0.25, 0.3) is 0 Å². The van der Waals surface area contributed by atoms with Crippen molar-refractivity contribution in [3.8, 4) is 0 Å². The number of esters is 2. The molecule has 7 nitrogen and oxygen atoms in total. The Hall–Kier alpha value is -1.32.